The van der Waals surface area contributed by atoms with E-state index in [1.165, 1.54) is 50.2 Å². The molecule has 0 fully saturated rings. The molecule has 0 bridgehead atoms. The fraction of sp³-hybridized carbons (Fsp3) is 0.182. The smallest absolute Gasteiger partial charge is 0.545 e. The van der Waals surface area contributed by atoms with E-state index in [1.54, 1.807) is 0 Å². The number of hydrogen-bond donors (Lipinski definition) is 0. The first-order valence-electron chi connectivity index (χ1n) is 8.94. The number of hydrogen-bond acceptors (Lipinski definition) is 10. The first-order valence-corrected chi connectivity index (χ1v) is 8.94. The Labute approximate surface area is 198 Å². The van der Waals surface area contributed by atoms with Crippen LogP contribution in [-0.4, -0.2) is 35.4 Å². The van der Waals surface area contributed by atoms with E-state index in [-0.39, 0.29) is 62.1 Å². The van der Waals surface area contributed by atoms with Gasteiger partial charge in [-0.25, -0.2) is 0 Å². The summed E-state index contributed by atoms with van der Waals surface area (Å²) in [6.45, 7) is 4.74. The molecule has 175 valence electrons. The second kappa shape index (κ2) is 12.9. The van der Waals surface area contributed by atoms with Crippen LogP contribution in [0.4, 0.5) is 0 Å². The van der Waals surface area contributed by atoms with Crippen molar-refractivity contribution in [3.63, 3.8) is 0 Å². The molecular formula is C22H18CoO10. The topological polar surface area (TPSA) is 167 Å². The number of carboxylic acid groups (broad SMARTS) is 2. The number of ketones is 2. The summed E-state index contributed by atoms with van der Waals surface area (Å²) < 4.78 is 9.44. The number of rotatable bonds is 6. The van der Waals surface area contributed by atoms with Gasteiger partial charge in [0.2, 0.25) is 0 Å². The quantitative estimate of drug-likeness (QED) is 0.306. The molecule has 0 aliphatic heterocycles. The predicted octanol–water partition coefficient (Wildman–Crippen LogP) is 0.353. The summed E-state index contributed by atoms with van der Waals surface area (Å²) in [6, 6.07) is 7.95. The van der Waals surface area contributed by atoms with Crippen molar-refractivity contribution in [2.24, 2.45) is 0 Å². The van der Waals surface area contributed by atoms with Gasteiger partial charge in [0, 0.05) is 25.0 Å². The third-order valence-electron chi connectivity index (χ3n) is 3.72. The number of benzene rings is 2. The van der Waals surface area contributed by atoms with Crippen molar-refractivity contribution in [1.82, 2.24) is 0 Å². The van der Waals surface area contributed by atoms with Crippen LogP contribution >= 0.6 is 0 Å². The Kier molecular flexibility index (Phi) is 11.4. The van der Waals surface area contributed by atoms with Crippen LogP contribution in [0.5, 0.6) is 11.5 Å². The second-order valence-corrected chi connectivity index (χ2v) is 6.24. The van der Waals surface area contributed by atoms with Crippen molar-refractivity contribution in [2.75, 3.05) is 0 Å². The Bertz CT molecular complexity index is 952. The van der Waals surface area contributed by atoms with E-state index in [0.717, 1.165) is 13.8 Å². The number of carboxylic acids is 2. The van der Waals surface area contributed by atoms with Crippen LogP contribution in [-0.2, 0) is 26.4 Å². The number of ether oxygens (including phenoxy) is 2. The molecule has 0 aromatic heterocycles. The first kappa shape index (κ1) is 29.2. The SMILES string of the molecule is CC(=O)Oc1c(C(C)=O)cccc1C(=O)[O-].CC(=O)Oc1c(C(C)=O)cccc1C(=O)[O-].[Co+2]. The molecule has 10 nitrogen and oxygen atoms in total. The van der Waals surface area contributed by atoms with Crippen LogP contribution in [0.1, 0.15) is 69.1 Å². The van der Waals surface area contributed by atoms with Crippen LogP contribution in [0, 0.1) is 0 Å². The number of aromatic carboxylic acids is 2. The van der Waals surface area contributed by atoms with E-state index in [1.807, 2.05) is 0 Å². The fourth-order valence-electron chi connectivity index (χ4n) is 2.46. The number of para-hydroxylation sites is 2. The Morgan fingerprint density at radius 3 is 1.06 bits per heavy atom. The fourth-order valence-corrected chi connectivity index (χ4v) is 2.46. The molecule has 0 aliphatic carbocycles. The van der Waals surface area contributed by atoms with E-state index in [9.17, 15) is 39.0 Å². The summed E-state index contributed by atoms with van der Waals surface area (Å²) in [7, 11) is 0. The zero-order valence-electron chi connectivity index (χ0n) is 17.9. The summed E-state index contributed by atoms with van der Waals surface area (Å²) in [5, 5.41) is 21.5. The Balaban J connectivity index is 0.000000602. The Morgan fingerprint density at radius 2 is 0.848 bits per heavy atom. The molecule has 2 aromatic rings. The van der Waals surface area contributed by atoms with Crippen LogP contribution in [0.2, 0.25) is 0 Å². The standard InChI is InChI=1S/2C11H10O5.Co/c2*1-6(12)8-4-3-5-9(11(14)15)10(8)16-7(2)13;/h2*3-5H,1-2H3,(H,14,15);/q;;+2/p-2. The normalized spacial score (nSPS) is 9.33. The van der Waals surface area contributed by atoms with E-state index in [2.05, 4.69) is 0 Å². The van der Waals surface area contributed by atoms with Gasteiger partial charge >= 0.3 is 28.7 Å². The monoisotopic (exact) mass is 501 g/mol. The minimum absolute atomic E-state index is 0. The van der Waals surface area contributed by atoms with Crippen LogP contribution in [0.3, 0.4) is 0 Å². The molecule has 0 atom stereocenters. The largest absolute Gasteiger partial charge is 2.00 e. The van der Waals surface area contributed by atoms with Crippen molar-refractivity contribution in [1.29, 1.82) is 0 Å². The van der Waals surface area contributed by atoms with E-state index in [4.69, 9.17) is 9.47 Å². The molecule has 0 unspecified atom stereocenters. The van der Waals surface area contributed by atoms with E-state index in [0.29, 0.717) is 0 Å². The third-order valence-corrected chi connectivity index (χ3v) is 3.72. The van der Waals surface area contributed by atoms with Gasteiger partial charge in [0.1, 0.15) is 0 Å². The minimum Gasteiger partial charge on any atom is -0.545 e. The summed E-state index contributed by atoms with van der Waals surface area (Å²) >= 11 is 0. The number of esters is 2. The van der Waals surface area contributed by atoms with Gasteiger partial charge in [0.05, 0.1) is 23.1 Å². The van der Waals surface area contributed by atoms with Crippen molar-refractivity contribution in [3.8, 4) is 11.5 Å². The molecule has 0 aliphatic rings. The van der Waals surface area contributed by atoms with Crippen molar-refractivity contribution < 1.29 is 65.2 Å². The summed E-state index contributed by atoms with van der Waals surface area (Å²) in [5.41, 5.74) is -0.556. The predicted molar refractivity (Wildman–Crippen MR) is 104 cm³/mol. The maximum Gasteiger partial charge on any atom is 2.00 e. The van der Waals surface area contributed by atoms with Gasteiger partial charge < -0.3 is 29.3 Å². The average molecular weight is 501 g/mol. The minimum atomic E-state index is -1.50. The molecule has 0 spiro atoms. The molecule has 11 heteroatoms. The second-order valence-electron chi connectivity index (χ2n) is 6.24. The zero-order chi connectivity index (χ0) is 24.6. The molecular weight excluding hydrogens is 483 g/mol. The molecule has 2 aromatic carbocycles. The molecule has 1 radical (unpaired) electrons. The van der Waals surface area contributed by atoms with Gasteiger partial charge in [-0.2, -0.15) is 0 Å². The van der Waals surface area contributed by atoms with Gasteiger partial charge in [-0.1, -0.05) is 12.1 Å². The molecule has 0 saturated heterocycles. The van der Waals surface area contributed by atoms with Crippen molar-refractivity contribution >= 4 is 35.4 Å². The number of carbonyl (C=O) groups excluding carboxylic acids is 6. The van der Waals surface area contributed by atoms with Gasteiger partial charge in [0.25, 0.3) is 0 Å². The maximum atomic E-state index is 11.2. The van der Waals surface area contributed by atoms with Crippen LogP contribution < -0.4 is 19.7 Å². The molecule has 0 heterocycles. The van der Waals surface area contributed by atoms with Gasteiger partial charge in [-0.05, 0) is 38.1 Å². The van der Waals surface area contributed by atoms with Crippen molar-refractivity contribution in [3.05, 3.63) is 58.7 Å². The molecule has 2 rings (SSSR count). The zero-order valence-corrected chi connectivity index (χ0v) is 18.9. The van der Waals surface area contributed by atoms with Gasteiger partial charge in [-0.15, -0.1) is 0 Å². The van der Waals surface area contributed by atoms with Crippen LogP contribution in [0.25, 0.3) is 0 Å². The van der Waals surface area contributed by atoms with E-state index < -0.39 is 23.9 Å². The number of Topliss-reactive ketones (excluding diaryl/α,β-unsaturated/α-hetero) is 2. The molecule has 0 saturated carbocycles. The number of carbonyl (C=O) groups is 6. The maximum absolute atomic E-state index is 11.2. The van der Waals surface area contributed by atoms with Gasteiger partial charge in [0.15, 0.2) is 23.1 Å². The Hall–Kier alpha value is -3.83. The summed E-state index contributed by atoms with van der Waals surface area (Å²) in [4.78, 5) is 65.6. The van der Waals surface area contributed by atoms with Crippen molar-refractivity contribution in [2.45, 2.75) is 27.7 Å². The molecule has 33 heavy (non-hydrogen) atoms. The first-order chi connectivity index (χ1) is 14.9. The average Bonchev–Trinajstić information content (AvgIpc) is 2.67. The molecule has 0 amide bonds. The summed E-state index contributed by atoms with van der Waals surface area (Å²) in [5.74, 6) is -5.70. The van der Waals surface area contributed by atoms with E-state index >= 15 is 0 Å². The third kappa shape index (κ3) is 8.31. The van der Waals surface area contributed by atoms with Gasteiger partial charge in [-0.3, -0.25) is 19.2 Å². The molecule has 0 N–H and O–H groups in total. The Morgan fingerprint density at radius 1 is 0.576 bits per heavy atom. The van der Waals surface area contributed by atoms with Crippen LogP contribution in [0.15, 0.2) is 36.4 Å². The summed E-state index contributed by atoms with van der Waals surface area (Å²) in [6.07, 6.45) is 0.